The molecular weight excluding hydrogens is 278 g/mol. The molecule has 5 heteroatoms. The lowest BCUT2D eigenvalue weighted by atomic mass is 9.94. The molecule has 2 N–H and O–H groups in total. The number of nitrogens with one attached hydrogen (secondary N) is 2. The fraction of sp³-hybridized carbons (Fsp3) is 0.529. The predicted molar refractivity (Wildman–Crippen MR) is 84.0 cm³/mol. The molecule has 2 saturated heterocycles. The maximum atomic E-state index is 12.3. The number of piperidine rings is 1. The van der Waals surface area contributed by atoms with Gasteiger partial charge in [0.2, 0.25) is 11.8 Å². The van der Waals surface area contributed by atoms with E-state index in [1.165, 1.54) is 0 Å². The van der Waals surface area contributed by atoms with E-state index >= 15 is 0 Å². The number of rotatable bonds is 4. The Morgan fingerprint density at radius 3 is 2.82 bits per heavy atom. The molecule has 2 aliphatic heterocycles. The molecule has 2 amide bonds. The third kappa shape index (κ3) is 3.65. The van der Waals surface area contributed by atoms with Crippen molar-refractivity contribution >= 4 is 11.8 Å². The van der Waals surface area contributed by atoms with E-state index in [1.54, 1.807) is 0 Å². The van der Waals surface area contributed by atoms with Gasteiger partial charge in [0, 0.05) is 31.6 Å². The molecule has 22 heavy (non-hydrogen) atoms. The summed E-state index contributed by atoms with van der Waals surface area (Å²) in [6.45, 7) is 1.61. The molecule has 0 saturated carbocycles. The van der Waals surface area contributed by atoms with Gasteiger partial charge in [-0.3, -0.25) is 14.5 Å². The maximum Gasteiger partial charge on any atom is 0.234 e. The summed E-state index contributed by atoms with van der Waals surface area (Å²) < 4.78 is 0. The predicted octanol–water partition coefficient (Wildman–Crippen LogP) is 1.05. The minimum atomic E-state index is 0.0371. The largest absolute Gasteiger partial charge is 0.354 e. The molecule has 0 radical (unpaired) electrons. The van der Waals surface area contributed by atoms with E-state index in [4.69, 9.17) is 0 Å². The third-order valence-electron chi connectivity index (χ3n) is 4.63. The van der Waals surface area contributed by atoms with Crippen LogP contribution in [0.5, 0.6) is 0 Å². The fourth-order valence-corrected chi connectivity index (χ4v) is 3.45. The Labute approximate surface area is 131 Å². The Hall–Kier alpha value is -1.88. The lowest BCUT2D eigenvalue weighted by molar-refractivity contribution is -0.125. The van der Waals surface area contributed by atoms with Gasteiger partial charge in [-0.25, -0.2) is 0 Å². The van der Waals surface area contributed by atoms with Crippen molar-refractivity contribution in [3.8, 4) is 0 Å². The van der Waals surface area contributed by atoms with E-state index in [2.05, 4.69) is 15.5 Å². The van der Waals surface area contributed by atoms with Crippen LogP contribution in [0.15, 0.2) is 30.3 Å². The second-order valence-electron chi connectivity index (χ2n) is 6.18. The number of benzene rings is 1. The van der Waals surface area contributed by atoms with Crippen LogP contribution in [-0.2, 0) is 16.1 Å². The summed E-state index contributed by atoms with van der Waals surface area (Å²) >= 11 is 0. The van der Waals surface area contributed by atoms with E-state index < -0.39 is 0 Å². The van der Waals surface area contributed by atoms with Gasteiger partial charge in [-0.1, -0.05) is 36.8 Å². The lowest BCUT2D eigenvalue weighted by Crippen LogP contribution is -2.51. The Morgan fingerprint density at radius 1 is 1.23 bits per heavy atom. The zero-order chi connectivity index (χ0) is 15.4. The molecule has 118 valence electrons. The van der Waals surface area contributed by atoms with Crippen LogP contribution in [0, 0.1) is 0 Å². The number of nitrogens with zero attached hydrogens (tertiary/aromatic N) is 1. The molecule has 3 rings (SSSR count). The van der Waals surface area contributed by atoms with Gasteiger partial charge in [-0.05, 0) is 18.4 Å². The number of hydrogen-bond donors (Lipinski definition) is 2. The van der Waals surface area contributed by atoms with Gasteiger partial charge in [0.1, 0.15) is 0 Å². The average Bonchev–Trinajstić information content (AvgIpc) is 2.61. The van der Waals surface area contributed by atoms with E-state index in [1.807, 2.05) is 30.3 Å². The summed E-state index contributed by atoms with van der Waals surface area (Å²) in [6.07, 6.45) is 3.73. The first-order valence-corrected chi connectivity index (χ1v) is 8.05. The number of fused-ring (bicyclic) bond motifs is 2. The zero-order valence-electron chi connectivity index (χ0n) is 12.8. The highest BCUT2D eigenvalue weighted by molar-refractivity contribution is 5.79. The highest BCUT2D eigenvalue weighted by Gasteiger charge is 2.35. The van der Waals surface area contributed by atoms with E-state index in [9.17, 15) is 9.59 Å². The summed E-state index contributed by atoms with van der Waals surface area (Å²) in [6, 6.07) is 10.4. The van der Waals surface area contributed by atoms with Gasteiger partial charge in [0.05, 0.1) is 6.54 Å². The van der Waals surface area contributed by atoms with Crippen LogP contribution in [0.3, 0.4) is 0 Å². The molecule has 0 spiro atoms. The first-order valence-electron chi connectivity index (χ1n) is 8.05. The second kappa shape index (κ2) is 6.92. The molecule has 1 aromatic carbocycles. The molecule has 2 bridgehead atoms. The lowest BCUT2D eigenvalue weighted by Gasteiger charge is -2.39. The van der Waals surface area contributed by atoms with Crippen molar-refractivity contribution < 1.29 is 9.59 Å². The molecule has 1 aromatic rings. The standard InChI is InChI=1S/C17H23N3O2/c21-16-9-14-7-4-8-15(11-19-16)20(14)12-17(22)18-10-13-5-2-1-3-6-13/h1-3,5-6,14-15H,4,7-12H2,(H,18,22)(H,19,21). The molecule has 5 nitrogen and oxygen atoms in total. The minimum absolute atomic E-state index is 0.0371. The number of carbonyl (C=O) groups excluding carboxylic acids is 2. The van der Waals surface area contributed by atoms with Crippen LogP contribution >= 0.6 is 0 Å². The van der Waals surface area contributed by atoms with Gasteiger partial charge in [-0.2, -0.15) is 0 Å². The monoisotopic (exact) mass is 301 g/mol. The van der Waals surface area contributed by atoms with Crippen molar-refractivity contribution in [1.82, 2.24) is 15.5 Å². The van der Waals surface area contributed by atoms with Crippen molar-refractivity contribution in [2.75, 3.05) is 13.1 Å². The summed E-state index contributed by atoms with van der Waals surface area (Å²) in [5.74, 6) is 0.152. The SMILES string of the molecule is O=C1CC2CCCC(CN1)N2CC(=O)NCc1ccccc1. The van der Waals surface area contributed by atoms with Gasteiger partial charge in [0.25, 0.3) is 0 Å². The molecule has 2 aliphatic rings. The van der Waals surface area contributed by atoms with Crippen molar-refractivity contribution in [3.63, 3.8) is 0 Å². The topological polar surface area (TPSA) is 61.4 Å². The molecule has 2 unspecified atom stereocenters. The third-order valence-corrected chi connectivity index (χ3v) is 4.63. The van der Waals surface area contributed by atoms with Gasteiger partial charge in [-0.15, -0.1) is 0 Å². The smallest absolute Gasteiger partial charge is 0.234 e. The summed E-state index contributed by atoms with van der Waals surface area (Å²) in [7, 11) is 0. The van der Waals surface area contributed by atoms with Crippen LogP contribution in [-0.4, -0.2) is 41.9 Å². The van der Waals surface area contributed by atoms with Crippen molar-refractivity contribution in [3.05, 3.63) is 35.9 Å². The average molecular weight is 301 g/mol. The maximum absolute atomic E-state index is 12.3. The first kappa shape index (κ1) is 15.0. The van der Waals surface area contributed by atoms with Gasteiger partial charge < -0.3 is 10.6 Å². The van der Waals surface area contributed by atoms with Gasteiger partial charge in [0.15, 0.2) is 0 Å². The highest BCUT2D eigenvalue weighted by atomic mass is 16.2. The van der Waals surface area contributed by atoms with E-state index in [0.717, 1.165) is 24.8 Å². The number of hydrogen-bond acceptors (Lipinski definition) is 3. The molecule has 0 aromatic heterocycles. The van der Waals surface area contributed by atoms with Crippen LogP contribution in [0.4, 0.5) is 0 Å². The van der Waals surface area contributed by atoms with Gasteiger partial charge >= 0.3 is 0 Å². The van der Waals surface area contributed by atoms with Crippen LogP contribution in [0.1, 0.15) is 31.2 Å². The molecule has 2 fully saturated rings. The Bertz CT molecular complexity index is 532. The van der Waals surface area contributed by atoms with Crippen molar-refractivity contribution in [1.29, 1.82) is 0 Å². The second-order valence-corrected chi connectivity index (χ2v) is 6.18. The Kier molecular flexibility index (Phi) is 4.73. The molecule has 2 atom stereocenters. The van der Waals surface area contributed by atoms with E-state index in [-0.39, 0.29) is 17.9 Å². The quantitative estimate of drug-likeness (QED) is 0.874. The summed E-state index contributed by atoms with van der Waals surface area (Å²) in [4.78, 5) is 26.2. The van der Waals surface area contributed by atoms with Crippen molar-refractivity contribution in [2.24, 2.45) is 0 Å². The summed E-state index contributed by atoms with van der Waals surface area (Å²) in [5.41, 5.74) is 1.10. The molecule has 0 aliphatic carbocycles. The molecule has 2 heterocycles. The van der Waals surface area contributed by atoms with Crippen LogP contribution in [0.2, 0.25) is 0 Å². The van der Waals surface area contributed by atoms with Crippen molar-refractivity contribution in [2.45, 2.75) is 44.3 Å². The number of amides is 2. The molecular formula is C17H23N3O2. The minimum Gasteiger partial charge on any atom is -0.354 e. The van der Waals surface area contributed by atoms with Crippen LogP contribution in [0.25, 0.3) is 0 Å². The van der Waals surface area contributed by atoms with E-state index in [0.29, 0.717) is 32.1 Å². The van der Waals surface area contributed by atoms with Crippen LogP contribution < -0.4 is 10.6 Å². The Morgan fingerprint density at radius 2 is 2.00 bits per heavy atom. The summed E-state index contributed by atoms with van der Waals surface area (Å²) in [5, 5.41) is 5.95. The number of carbonyl (C=O) groups is 2. The normalized spacial score (nSPS) is 25.2. The highest BCUT2D eigenvalue weighted by Crippen LogP contribution is 2.26. The fourth-order valence-electron chi connectivity index (χ4n) is 3.45. The first-order chi connectivity index (χ1) is 10.7. The Balaban J connectivity index is 1.57. The zero-order valence-corrected chi connectivity index (χ0v) is 12.8.